The van der Waals surface area contributed by atoms with Gasteiger partial charge in [0.1, 0.15) is 6.54 Å². The predicted molar refractivity (Wildman–Crippen MR) is 92.2 cm³/mol. The third-order valence-corrected chi connectivity index (χ3v) is 4.55. The highest BCUT2D eigenvalue weighted by atomic mass is 16.5. The highest BCUT2D eigenvalue weighted by Crippen LogP contribution is 2.39. The van der Waals surface area contributed by atoms with Crippen LogP contribution < -0.4 is 9.47 Å². The first-order chi connectivity index (χ1) is 12.5. The molecule has 0 radical (unpaired) electrons. The van der Waals surface area contributed by atoms with Crippen LogP contribution in [0, 0.1) is 0 Å². The first-order valence-corrected chi connectivity index (χ1v) is 8.27. The Bertz CT molecular complexity index is 803. The van der Waals surface area contributed by atoms with Gasteiger partial charge in [0, 0.05) is 18.9 Å². The summed E-state index contributed by atoms with van der Waals surface area (Å²) in [5, 5.41) is 13.4. The maximum Gasteiger partial charge on any atom is 0.305 e. The number of fused-ring (bicyclic) bond motifs is 1. The Kier molecular flexibility index (Phi) is 5.11. The lowest BCUT2D eigenvalue weighted by Crippen LogP contribution is -2.42. The minimum Gasteiger partial charge on any atom is -0.493 e. The molecule has 0 unspecified atom stereocenters. The van der Waals surface area contributed by atoms with E-state index in [1.165, 1.54) is 11.8 Å². The van der Waals surface area contributed by atoms with Crippen molar-refractivity contribution in [3.63, 3.8) is 0 Å². The molecule has 2 aromatic rings. The van der Waals surface area contributed by atoms with Crippen LogP contribution in [-0.4, -0.2) is 52.4 Å². The molecule has 0 bridgehead atoms. The maximum atomic E-state index is 12.8. The standard InChI is InChI=1S/C18H21N3O5/c1-25-15-8-12-4-7-21(17(22)11-20-6-3-5-19-20)14(10-18(23)24)13(12)9-16(15)26-2/h3,5-6,8-9,14H,4,7,10-11H2,1-2H3,(H,23,24)/t14-/m1/s1. The number of nitrogens with zero attached hydrogens (tertiary/aromatic N) is 3. The second-order valence-electron chi connectivity index (χ2n) is 6.06. The lowest BCUT2D eigenvalue weighted by atomic mass is 9.90. The summed E-state index contributed by atoms with van der Waals surface area (Å²) in [4.78, 5) is 25.8. The molecule has 1 aliphatic heterocycles. The van der Waals surface area contributed by atoms with Gasteiger partial charge in [0.15, 0.2) is 11.5 Å². The van der Waals surface area contributed by atoms with E-state index in [1.807, 2.05) is 6.07 Å². The first-order valence-electron chi connectivity index (χ1n) is 8.27. The van der Waals surface area contributed by atoms with E-state index in [9.17, 15) is 14.7 Å². The molecule has 1 aliphatic rings. The van der Waals surface area contributed by atoms with Crippen LogP contribution in [0.25, 0.3) is 0 Å². The molecular formula is C18H21N3O5. The number of carboxylic acid groups (broad SMARTS) is 1. The number of methoxy groups -OCH3 is 2. The number of hydrogen-bond donors (Lipinski definition) is 1. The minimum absolute atomic E-state index is 0.0751. The van der Waals surface area contributed by atoms with Crippen LogP contribution in [0.3, 0.4) is 0 Å². The first kappa shape index (κ1) is 17.8. The third-order valence-electron chi connectivity index (χ3n) is 4.55. The van der Waals surface area contributed by atoms with Crippen molar-refractivity contribution in [2.45, 2.75) is 25.4 Å². The molecule has 1 aromatic carbocycles. The van der Waals surface area contributed by atoms with Crippen molar-refractivity contribution in [3.05, 3.63) is 41.7 Å². The van der Waals surface area contributed by atoms with E-state index in [-0.39, 0.29) is 18.9 Å². The van der Waals surface area contributed by atoms with Gasteiger partial charge in [0.05, 0.1) is 26.7 Å². The van der Waals surface area contributed by atoms with Crippen LogP contribution in [0.15, 0.2) is 30.6 Å². The number of aromatic nitrogens is 2. The molecule has 0 fully saturated rings. The average Bonchev–Trinajstić information content (AvgIpc) is 3.13. The van der Waals surface area contributed by atoms with Gasteiger partial charge < -0.3 is 19.5 Å². The molecule has 1 N–H and O–H groups in total. The predicted octanol–water partition coefficient (Wildman–Crippen LogP) is 1.50. The van der Waals surface area contributed by atoms with E-state index in [0.29, 0.717) is 24.5 Å². The van der Waals surface area contributed by atoms with Crippen LogP contribution in [0.5, 0.6) is 11.5 Å². The van der Waals surface area contributed by atoms with Crippen molar-refractivity contribution in [2.24, 2.45) is 0 Å². The van der Waals surface area contributed by atoms with Gasteiger partial charge in [-0.2, -0.15) is 5.10 Å². The van der Waals surface area contributed by atoms with Crippen molar-refractivity contribution in [3.8, 4) is 11.5 Å². The normalized spacial score (nSPS) is 16.1. The molecule has 0 aliphatic carbocycles. The third kappa shape index (κ3) is 3.49. The Hall–Kier alpha value is -3.03. The Labute approximate surface area is 150 Å². The SMILES string of the molecule is COc1cc2c(cc1OC)[C@@H](CC(=O)O)N(C(=O)Cn1cccn1)CC2. The zero-order chi connectivity index (χ0) is 18.7. The van der Waals surface area contributed by atoms with E-state index in [0.717, 1.165) is 11.1 Å². The van der Waals surface area contributed by atoms with Gasteiger partial charge in [-0.25, -0.2) is 0 Å². The summed E-state index contributed by atoms with van der Waals surface area (Å²) in [6.07, 6.45) is 3.75. The lowest BCUT2D eigenvalue weighted by molar-refractivity contribution is -0.141. The van der Waals surface area contributed by atoms with Gasteiger partial charge in [-0.1, -0.05) is 0 Å². The van der Waals surface area contributed by atoms with Crippen molar-refractivity contribution < 1.29 is 24.2 Å². The summed E-state index contributed by atoms with van der Waals surface area (Å²) in [7, 11) is 3.08. The molecule has 3 rings (SSSR count). The zero-order valence-corrected chi connectivity index (χ0v) is 14.7. The number of carbonyl (C=O) groups is 2. The minimum atomic E-state index is -0.963. The number of aliphatic carboxylic acids is 1. The molecule has 1 amide bonds. The second kappa shape index (κ2) is 7.47. The molecule has 26 heavy (non-hydrogen) atoms. The average molecular weight is 359 g/mol. The molecule has 138 valence electrons. The Balaban J connectivity index is 1.95. The number of rotatable bonds is 6. The number of carbonyl (C=O) groups excluding carboxylic acids is 1. The van der Waals surface area contributed by atoms with Crippen LogP contribution in [0.1, 0.15) is 23.6 Å². The Morgan fingerprint density at radius 2 is 2.00 bits per heavy atom. The van der Waals surface area contributed by atoms with Crippen molar-refractivity contribution in [2.75, 3.05) is 20.8 Å². The molecule has 8 nitrogen and oxygen atoms in total. The lowest BCUT2D eigenvalue weighted by Gasteiger charge is -2.37. The molecule has 8 heteroatoms. The molecule has 1 aromatic heterocycles. The quantitative estimate of drug-likeness (QED) is 0.840. The highest BCUT2D eigenvalue weighted by molar-refractivity contribution is 5.78. The number of carboxylic acids is 1. The van der Waals surface area contributed by atoms with Gasteiger partial charge in [0.2, 0.25) is 5.91 Å². The van der Waals surface area contributed by atoms with E-state index in [1.54, 1.807) is 36.5 Å². The largest absolute Gasteiger partial charge is 0.493 e. The van der Waals surface area contributed by atoms with Gasteiger partial charge in [-0.3, -0.25) is 14.3 Å². The van der Waals surface area contributed by atoms with Gasteiger partial charge in [-0.15, -0.1) is 0 Å². The Morgan fingerprint density at radius 3 is 2.62 bits per heavy atom. The van der Waals surface area contributed by atoms with Gasteiger partial charge in [0.25, 0.3) is 0 Å². The summed E-state index contributed by atoms with van der Waals surface area (Å²) < 4.78 is 12.2. The summed E-state index contributed by atoms with van der Waals surface area (Å²) >= 11 is 0. The fourth-order valence-electron chi connectivity index (χ4n) is 3.34. The Morgan fingerprint density at radius 1 is 1.27 bits per heavy atom. The fraction of sp³-hybridized carbons (Fsp3) is 0.389. The van der Waals surface area contributed by atoms with Crippen LogP contribution in [-0.2, 0) is 22.6 Å². The zero-order valence-electron chi connectivity index (χ0n) is 14.7. The smallest absolute Gasteiger partial charge is 0.305 e. The molecule has 0 saturated carbocycles. The van der Waals surface area contributed by atoms with Crippen molar-refractivity contribution in [1.29, 1.82) is 0 Å². The van der Waals surface area contributed by atoms with Gasteiger partial charge >= 0.3 is 5.97 Å². The maximum absolute atomic E-state index is 12.8. The number of benzene rings is 1. The van der Waals surface area contributed by atoms with Crippen LogP contribution >= 0.6 is 0 Å². The molecule has 2 heterocycles. The summed E-state index contributed by atoms with van der Waals surface area (Å²) in [5.74, 6) is -0.0189. The van der Waals surface area contributed by atoms with E-state index in [4.69, 9.17) is 9.47 Å². The number of hydrogen-bond acceptors (Lipinski definition) is 5. The number of amides is 1. The molecule has 0 saturated heterocycles. The summed E-state index contributed by atoms with van der Waals surface area (Å²) in [6.45, 7) is 0.520. The summed E-state index contributed by atoms with van der Waals surface area (Å²) in [6, 6.07) is 4.82. The summed E-state index contributed by atoms with van der Waals surface area (Å²) in [5.41, 5.74) is 1.75. The molecular weight excluding hydrogens is 338 g/mol. The van der Waals surface area contributed by atoms with Crippen LogP contribution in [0.4, 0.5) is 0 Å². The van der Waals surface area contributed by atoms with Crippen LogP contribution in [0.2, 0.25) is 0 Å². The van der Waals surface area contributed by atoms with Crippen molar-refractivity contribution >= 4 is 11.9 Å². The topological polar surface area (TPSA) is 93.9 Å². The van der Waals surface area contributed by atoms with E-state index >= 15 is 0 Å². The van der Waals surface area contributed by atoms with Gasteiger partial charge in [-0.05, 0) is 35.7 Å². The molecule has 0 spiro atoms. The van der Waals surface area contributed by atoms with E-state index in [2.05, 4.69) is 5.10 Å². The fourth-order valence-corrected chi connectivity index (χ4v) is 3.34. The van der Waals surface area contributed by atoms with E-state index < -0.39 is 12.0 Å². The monoisotopic (exact) mass is 359 g/mol. The van der Waals surface area contributed by atoms with Crippen molar-refractivity contribution in [1.82, 2.24) is 14.7 Å². The molecule has 1 atom stereocenters. The second-order valence-corrected chi connectivity index (χ2v) is 6.06. The number of ether oxygens (including phenoxy) is 2. The highest BCUT2D eigenvalue weighted by Gasteiger charge is 2.33.